The minimum Gasteiger partial charge on any atom is -0.480 e. The number of hydrogen-bond acceptors (Lipinski definition) is 5. The fraction of sp³-hybridized carbons (Fsp3) is 0.176. The number of carbonyl (C=O) groups excluding carboxylic acids is 1. The molecular formula is C17H16N4O4S. The number of H-pyrrole nitrogens is 1. The second kappa shape index (κ2) is 7.44. The van der Waals surface area contributed by atoms with Gasteiger partial charge in [0.05, 0.1) is 0 Å². The first-order valence-electron chi connectivity index (χ1n) is 7.74. The van der Waals surface area contributed by atoms with E-state index in [1.807, 2.05) is 31.2 Å². The molecule has 9 heteroatoms. The van der Waals surface area contributed by atoms with Crippen LogP contribution >= 0.6 is 11.8 Å². The van der Waals surface area contributed by atoms with Gasteiger partial charge in [0.15, 0.2) is 11.1 Å². The highest BCUT2D eigenvalue weighted by atomic mass is 32.2. The second-order valence-electron chi connectivity index (χ2n) is 5.56. The minimum atomic E-state index is -1.19. The number of aromatic nitrogens is 3. The zero-order valence-electron chi connectivity index (χ0n) is 13.9. The molecule has 3 aromatic rings. The Balaban J connectivity index is 1.92. The van der Waals surface area contributed by atoms with Crippen LogP contribution in [0.4, 0.5) is 0 Å². The van der Waals surface area contributed by atoms with E-state index in [1.54, 1.807) is 4.52 Å². The third-order valence-corrected chi connectivity index (χ3v) is 4.85. The number of rotatable bonds is 6. The standard InChI is InChI=1S/C17H16N4O4S/c1-10-4-2-3-5-11(10)8-26-13-6-12(22)15(16-19-9-20-21(13)16)17(25)18-7-14(23)24/h2-6,9H,7-8H2,1H3,(H,18,25)(H,19,20)(H,23,24). The SMILES string of the molecule is Cc1ccccc1CSc1cc(=O)c(C(=O)NCC(=O)O)c2nc[nH]n12. The number of nitrogens with one attached hydrogen (secondary N) is 2. The second-order valence-corrected chi connectivity index (χ2v) is 6.56. The summed E-state index contributed by atoms with van der Waals surface area (Å²) in [6.07, 6.45) is 1.38. The third kappa shape index (κ3) is 3.62. The number of aryl methyl sites for hydroxylation is 1. The van der Waals surface area contributed by atoms with Gasteiger partial charge in [0.25, 0.3) is 5.91 Å². The van der Waals surface area contributed by atoms with E-state index < -0.39 is 23.9 Å². The van der Waals surface area contributed by atoms with E-state index in [9.17, 15) is 14.4 Å². The van der Waals surface area contributed by atoms with Crippen molar-refractivity contribution in [2.75, 3.05) is 6.54 Å². The number of aromatic amines is 1. The van der Waals surface area contributed by atoms with E-state index in [4.69, 9.17) is 5.11 Å². The Labute approximate surface area is 152 Å². The number of pyridine rings is 1. The van der Waals surface area contributed by atoms with Gasteiger partial charge in [0, 0.05) is 11.8 Å². The molecule has 0 aliphatic rings. The molecule has 1 aromatic carbocycles. The number of hydrogen-bond donors (Lipinski definition) is 3. The monoisotopic (exact) mass is 372 g/mol. The molecule has 2 aromatic heterocycles. The van der Waals surface area contributed by atoms with Crippen molar-refractivity contribution in [3.63, 3.8) is 0 Å². The molecule has 0 fully saturated rings. The summed E-state index contributed by atoms with van der Waals surface area (Å²) < 4.78 is 1.54. The lowest BCUT2D eigenvalue weighted by molar-refractivity contribution is -0.135. The van der Waals surface area contributed by atoms with E-state index in [0.717, 1.165) is 11.1 Å². The zero-order chi connectivity index (χ0) is 18.7. The number of benzene rings is 1. The van der Waals surface area contributed by atoms with Crippen molar-refractivity contribution >= 4 is 29.3 Å². The Bertz CT molecular complexity index is 1040. The van der Waals surface area contributed by atoms with Crippen molar-refractivity contribution in [2.24, 2.45) is 0 Å². The lowest BCUT2D eigenvalue weighted by Gasteiger charge is -2.09. The van der Waals surface area contributed by atoms with Crippen molar-refractivity contribution in [3.8, 4) is 0 Å². The molecule has 8 nitrogen and oxygen atoms in total. The van der Waals surface area contributed by atoms with Gasteiger partial charge in [-0.05, 0) is 18.1 Å². The van der Waals surface area contributed by atoms with E-state index in [2.05, 4.69) is 15.4 Å². The number of nitrogens with zero attached hydrogens (tertiary/aromatic N) is 2. The summed E-state index contributed by atoms with van der Waals surface area (Å²) in [5.41, 5.74) is 1.76. The topological polar surface area (TPSA) is 117 Å². The fourth-order valence-electron chi connectivity index (χ4n) is 2.46. The smallest absolute Gasteiger partial charge is 0.322 e. The van der Waals surface area contributed by atoms with Crippen LogP contribution in [0.25, 0.3) is 5.65 Å². The van der Waals surface area contributed by atoms with Gasteiger partial charge in [0.2, 0.25) is 0 Å². The Morgan fingerprint density at radius 3 is 2.85 bits per heavy atom. The van der Waals surface area contributed by atoms with Crippen molar-refractivity contribution in [2.45, 2.75) is 17.7 Å². The zero-order valence-corrected chi connectivity index (χ0v) is 14.7. The summed E-state index contributed by atoms with van der Waals surface area (Å²) in [6, 6.07) is 9.30. The molecule has 3 rings (SSSR count). The van der Waals surface area contributed by atoms with E-state index in [-0.39, 0.29) is 11.2 Å². The summed E-state index contributed by atoms with van der Waals surface area (Å²) in [5.74, 6) is -1.31. The molecule has 0 aliphatic heterocycles. The average molecular weight is 372 g/mol. The van der Waals surface area contributed by atoms with Gasteiger partial charge < -0.3 is 10.4 Å². The van der Waals surface area contributed by atoms with Gasteiger partial charge in [-0.1, -0.05) is 24.3 Å². The molecule has 3 N–H and O–H groups in total. The van der Waals surface area contributed by atoms with Crippen molar-refractivity contribution in [1.29, 1.82) is 0 Å². The van der Waals surface area contributed by atoms with Gasteiger partial charge in [0.1, 0.15) is 23.5 Å². The van der Waals surface area contributed by atoms with E-state index in [0.29, 0.717) is 10.8 Å². The number of carboxylic acid groups (broad SMARTS) is 1. The molecule has 0 saturated heterocycles. The molecule has 0 spiro atoms. The Hall–Kier alpha value is -3.07. The number of carboxylic acids is 1. The fourth-order valence-corrected chi connectivity index (χ4v) is 3.54. The highest BCUT2D eigenvalue weighted by Crippen LogP contribution is 2.24. The number of fused-ring (bicyclic) bond motifs is 1. The highest BCUT2D eigenvalue weighted by molar-refractivity contribution is 7.98. The van der Waals surface area contributed by atoms with Crippen LogP contribution in [-0.2, 0) is 10.5 Å². The van der Waals surface area contributed by atoms with Crippen molar-refractivity contribution in [1.82, 2.24) is 19.9 Å². The van der Waals surface area contributed by atoms with Gasteiger partial charge in [-0.15, -0.1) is 11.8 Å². The summed E-state index contributed by atoms with van der Waals surface area (Å²) >= 11 is 1.44. The first-order chi connectivity index (χ1) is 12.5. The summed E-state index contributed by atoms with van der Waals surface area (Å²) in [4.78, 5) is 39.3. The molecule has 1 amide bonds. The van der Waals surface area contributed by atoms with Crippen LogP contribution in [0, 0.1) is 6.92 Å². The van der Waals surface area contributed by atoms with Crippen LogP contribution < -0.4 is 10.7 Å². The van der Waals surface area contributed by atoms with Gasteiger partial charge >= 0.3 is 5.97 Å². The molecule has 26 heavy (non-hydrogen) atoms. The van der Waals surface area contributed by atoms with Crippen molar-refractivity contribution < 1.29 is 14.7 Å². The maximum Gasteiger partial charge on any atom is 0.322 e. The number of aliphatic carboxylic acids is 1. The van der Waals surface area contributed by atoms with E-state index in [1.165, 1.54) is 24.2 Å². The third-order valence-electron chi connectivity index (χ3n) is 3.79. The van der Waals surface area contributed by atoms with Gasteiger partial charge in [-0.2, -0.15) is 0 Å². The molecular weight excluding hydrogens is 356 g/mol. The highest BCUT2D eigenvalue weighted by Gasteiger charge is 2.19. The summed E-state index contributed by atoms with van der Waals surface area (Å²) in [5, 5.41) is 14.4. The molecule has 0 saturated carbocycles. The molecule has 0 radical (unpaired) electrons. The van der Waals surface area contributed by atoms with Gasteiger partial charge in [-0.25, -0.2) is 9.50 Å². The Kier molecular flexibility index (Phi) is 5.08. The number of carbonyl (C=O) groups is 2. The van der Waals surface area contributed by atoms with Crippen molar-refractivity contribution in [3.05, 3.63) is 63.6 Å². The van der Waals surface area contributed by atoms with Crippen LogP contribution in [-0.4, -0.2) is 38.1 Å². The predicted molar refractivity (Wildman–Crippen MR) is 96.5 cm³/mol. The molecule has 0 atom stereocenters. The largest absolute Gasteiger partial charge is 0.480 e. The quantitative estimate of drug-likeness (QED) is 0.564. The first-order valence-corrected chi connectivity index (χ1v) is 8.72. The summed E-state index contributed by atoms with van der Waals surface area (Å²) in [6.45, 7) is 1.45. The first kappa shape index (κ1) is 17.7. The average Bonchev–Trinajstić information content (AvgIpc) is 3.08. The van der Waals surface area contributed by atoms with Crippen LogP contribution in [0.5, 0.6) is 0 Å². The lowest BCUT2D eigenvalue weighted by atomic mass is 10.1. The molecule has 0 bridgehead atoms. The molecule has 2 heterocycles. The van der Waals surface area contributed by atoms with Crippen LogP contribution in [0.1, 0.15) is 21.5 Å². The lowest BCUT2D eigenvalue weighted by Crippen LogP contribution is -2.33. The maximum absolute atomic E-state index is 12.4. The predicted octanol–water partition coefficient (Wildman–Crippen LogP) is 1.44. The molecule has 0 aliphatic carbocycles. The Morgan fingerprint density at radius 1 is 1.35 bits per heavy atom. The van der Waals surface area contributed by atoms with Gasteiger partial charge in [-0.3, -0.25) is 19.5 Å². The Morgan fingerprint density at radius 2 is 2.12 bits per heavy atom. The minimum absolute atomic E-state index is 0.160. The van der Waals surface area contributed by atoms with Crippen LogP contribution in [0.3, 0.4) is 0 Å². The molecule has 134 valence electrons. The summed E-state index contributed by atoms with van der Waals surface area (Å²) in [7, 11) is 0. The number of amides is 1. The molecule has 0 unspecified atom stereocenters. The van der Waals surface area contributed by atoms with Crippen LogP contribution in [0.15, 0.2) is 46.5 Å². The number of thioether (sulfide) groups is 1. The van der Waals surface area contributed by atoms with Crippen LogP contribution in [0.2, 0.25) is 0 Å². The normalized spacial score (nSPS) is 10.8. The van der Waals surface area contributed by atoms with E-state index >= 15 is 0 Å². The maximum atomic E-state index is 12.4.